The molecule has 0 amide bonds. The zero-order valence-electron chi connectivity index (χ0n) is 12.8. The molecule has 0 spiro atoms. The summed E-state index contributed by atoms with van der Waals surface area (Å²) in [5, 5.41) is 12.5. The van der Waals surface area contributed by atoms with Crippen molar-refractivity contribution in [2.24, 2.45) is 0 Å². The molecule has 0 aromatic heterocycles. The first-order chi connectivity index (χ1) is 8.62. The first kappa shape index (κ1) is 13.9. The molecular weight excluding hydrogens is 232 g/mol. The average Bonchev–Trinajstić information content (AvgIpc) is 2.25. The molecule has 19 heavy (non-hydrogen) atoms. The fraction of sp³-hybridized carbons (Fsp3) is 0.444. The van der Waals surface area contributed by atoms with Crippen molar-refractivity contribution in [3.63, 3.8) is 0 Å². The van der Waals surface area contributed by atoms with Gasteiger partial charge in [-0.25, -0.2) is 0 Å². The van der Waals surface area contributed by atoms with Crippen LogP contribution in [0, 0.1) is 0 Å². The zero-order valence-corrected chi connectivity index (χ0v) is 12.8. The molecule has 0 bridgehead atoms. The Hall–Kier alpha value is -1.50. The Labute approximate surface area is 116 Å². The topological polar surface area (TPSA) is 20.2 Å². The molecular formula is C18H24O. The smallest absolute Gasteiger partial charge is 0.123 e. The van der Waals surface area contributed by atoms with Crippen molar-refractivity contribution in [1.82, 2.24) is 0 Å². The summed E-state index contributed by atoms with van der Waals surface area (Å²) in [4.78, 5) is 0. The highest BCUT2D eigenvalue weighted by molar-refractivity contribution is 5.94. The fourth-order valence-corrected chi connectivity index (χ4v) is 2.67. The Morgan fingerprint density at radius 3 is 1.79 bits per heavy atom. The van der Waals surface area contributed by atoms with Crippen LogP contribution in [0.3, 0.4) is 0 Å². The van der Waals surface area contributed by atoms with E-state index in [1.807, 2.05) is 6.07 Å². The maximum atomic E-state index is 10.3. The van der Waals surface area contributed by atoms with Crippen molar-refractivity contribution in [2.75, 3.05) is 0 Å². The third-order valence-corrected chi connectivity index (χ3v) is 3.63. The average molecular weight is 256 g/mol. The van der Waals surface area contributed by atoms with Gasteiger partial charge in [-0.05, 0) is 33.4 Å². The molecule has 1 N–H and O–H groups in total. The lowest BCUT2D eigenvalue weighted by Gasteiger charge is -2.27. The summed E-state index contributed by atoms with van der Waals surface area (Å²) in [7, 11) is 0. The molecule has 0 radical (unpaired) electrons. The van der Waals surface area contributed by atoms with Gasteiger partial charge in [0.15, 0.2) is 0 Å². The SMILES string of the molecule is CC(C)(C)c1ccc(C(C)(C)C)c2c(O)cccc12. The van der Waals surface area contributed by atoms with Crippen LogP contribution >= 0.6 is 0 Å². The first-order valence-electron chi connectivity index (χ1n) is 6.88. The number of phenolic OH excluding ortho intramolecular Hbond substituents is 1. The van der Waals surface area contributed by atoms with Crippen molar-refractivity contribution < 1.29 is 5.11 Å². The standard InChI is InChI=1S/C18H24O/c1-17(2,3)13-10-11-14(18(4,5)6)16-12(13)8-7-9-15(16)19/h7-11,19H,1-6H3. The van der Waals surface area contributed by atoms with Gasteiger partial charge in [0.1, 0.15) is 5.75 Å². The van der Waals surface area contributed by atoms with Gasteiger partial charge < -0.3 is 5.11 Å². The second-order valence-electron chi connectivity index (χ2n) is 7.36. The molecule has 1 nitrogen and oxygen atoms in total. The molecule has 0 aliphatic rings. The van der Waals surface area contributed by atoms with Crippen molar-refractivity contribution >= 4 is 10.8 Å². The van der Waals surface area contributed by atoms with E-state index >= 15 is 0 Å². The van der Waals surface area contributed by atoms with Gasteiger partial charge in [0.2, 0.25) is 0 Å². The minimum absolute atomic E-state index is 0.0213. The minimum Gasteiger partial charge on any atom is -0.507 e. The van der Waals surface area contributed by atoms with Gasteiger partial charge in [-0.3, -0.25) is 0 Å². The van der Waals surface area contributed by atoms with Gasteiger partial charge in [0.05, 0.1) is 0 Å². The van der Waals surface area contributed by atoms with E-state index in [0.29, 0.717) is 5.75 Å². The summed E-state index contributed by atoms with van der Waals surface area (Å²) in [6.45, 7) is 13.2. The van der Waals surface area contributed by atoms with Crippen LogP contribution in [-0.4, -0.2) is 5.11 Å². The molecule has 0 saturated heterocycles. The van der Waals surface area contributed by atoms with Crippen LogP contribution < -0.4 is 0 Å². The summed E-state index contributed by atoms with van der Waals surface area (Å²) >= 11 is 0. The number of phenols is 1. The lowest BCUT2D eigenvalue weighted by atomic mass is 9.78. The second kappa shape index (κ2) is 4.26. The molecule has 102 valence electrons. The maximum Gasteiger partial charge on any atom is 0.123 e. The van der Waals surface area contributed by atoms with Crippen LogP contribution in [0.1, 0.15) is 52.7 Å². The van der Waals surface area contributed by atoms with Crippen molar-refractivity contribution in [2.45, 2.75) is 52.4 Å². The normalized spacial score (nSPS) is 12.9. The molecule has 0 fully saturated rings. The van der Waals surface area contributed by atoms with E-state index in [4.69, 9.17) is 0 Å². The molecule has 2 aromatic rings. The van der Waals surface area contributed by atoms with Crippen LogP contribution in [0.25, 0.3) is 10.8 Å². The number of aromatic hydroxyl groups is 1. The lowest BCUT2D eigenvalue weighted by molar-refractivity contribution is 0.479. The Morgan fingerprint density at radius 2 is 1.26 bits per heavy atom. The lowest BCUT2D eigenvalue weighted by Crippen LogP contribution is -2.16. The maximum absolute atomic E-state index is 10.3. The number of hydrogen-bond acceptors (Lipinski definition) is 1. The monoisotopic (exact) mass is 256 g/mol. The van der Waals surface area contributed by atoms with E-state index in [1.165, 1.54) is 16.5 Å². The summed E-state index contributed by atoms with van der Waals surface area (Å²) in [5.41, 5.74) is 2.58. The minimum atomic E-state index is 0.0213. The second-order valence-corrected chi connectivity index (χ2v) is 7.36. The summed E-state index contributed by atoms with van der Waals surface area (Å²) in [6.07, 6.45) is 0. The molecule has 2 aromatic carbocycles. The highest BCUT2D eigenvalue weighted by Gasteiger charge is 2.23. The highest BCUT2D eigenvalue weighted by atomic mass is 16.3. The van der Waals surface area contributed by atoms with Crippen molar-refractivity contribution in [3.05, 3.63) is 41.5 Å². The quantitative estimate of drug-likeness (QED) is 0.692. The predicted octanol–water partition coefficient (Wildman–Crippen LogP) is 5.14. The van der Waals surface area contributed by atoms with Crippen LogP contribution in [0.2, 0.25) is 0 Å². The van der Waals surface area contributed by atoms with Crippen molar-refractivity contribution in [1.29, 1.82) is 0 Å². The highest BCUT2D eigenvalue weighted by Crippen LogP contribution is 2.40. The number of hydrogen-bond donors (Lipinski definition) is 1. The van der Waals surface area contributed by atoms with Crippen LogP contribution in [0.4, 0.5) is 0 Å². The molecule has 0 aliphatic heterocycles. The molecule has 0 heterocycles. The third kappa shape index (κ3) is 2.47. The molecule has 1 heteroatoms. The van der Waals surface area contributed by atoms with Gasteiger partial charge in [0.25, 0.3) is 0 Å². The molecule has 0 unspecified atom stereocenters. The number of rotatable bonds is 0. The largest absolute Gasteiger partial charge is 0.507 e. The van der Waals surface area contributed by atoms with E-state index in [9.17, 15) is 5.11 Å². The van der Waals surface area contributed by atoms with E-state index in [2.05, 4.69) is 59.7 Å². The number of fused-ring (bicyclic) bond motifs is 1. The summed E-state index contributed by atoms with van der Waals surface area (Å²) in [5.74, 6) is 0.383. The van der Waals surface area contributed by atoms with Gasteiger partial charge in [-0.15, -0.1) is 0 Å². The van der Waals surface area contributed by atoms with Crippen LogP contribution in [-0.2, 0) is 10.8 Å². The Morgan fingerprint density at radius 1 is 0.737 bits per heavy atom. The van der Waals surface area contributed by atoms with Gasteiger partial charge in [-0.1, -0.05) is 65.8 Å². The van der Waals surface area contributed by atoms with E-state index in [-0.39, 0.29) is 10.8 Å². The number of benzene rings is 2. The Balaban J connectivity index is 2.93. The Bertz CT molecular complexity index is 610. The molecule has 0 atom stereocenters. The van der Waals surface area contributed by atoms with E-state index < -0.39 is 0 Å². The Kier molecular flexibility index (Phi) is 3.12. The summed E-state index contributed by atoms with van der Waals surface area (Å²) in [6, 6.07) is 10.2. The fourth-order valence-electron chi connectivity index (χ4n) is 2.67. The van der Waals surface area contributed by atoms with E-state index in [0.717, 1.165) is 5.39 Å². The van der Waals surface area contributed by atoms with Crippen molar-refractivity contribution in [3.8, 4) is 5.75 Å². The first-order valence-corrected chi connectivity index (χ1v) is 6.88. The molecule has 0 saturated carbocycles. The zero-order chi connectivity index (χ0) is 14.4. The van der Waals surface area contributed by atoms with E-state index in [1.54, 1.807) is 6.07 Å². The summed E-state index contributed by atoms with van der Waals surface area (Å²) < 4.78 is 0. The van der Waals surface area contributed by atoms with Gasteiger partial charge in [-0.2, -0.15) is 0 Å². The predicted molar refractivity (Wildman–Crippen MR) is 83.0 cm³/mol. The third-order valence-electron chi connectivity index (χ3n) is 3.63. The van der Waals surface area contributed by atoms with Crippen LogP contribution in [0.5, 0.6) is 5.75 Å². The molecule has 0 aliphatic carbocycles. The van der Waals surface area contributed by atoms with Crippen LogP contribution in [0.15, 0.2) is 30.3 Å². The van der Waals surface area contributed by atoms with Gasteiger partial charge >= 0.3 is 0 Å². The van der Waals surface area contributed by atoms with Gasteiger partial charge in [0, 0.05) is 5.39 Å². The molecule has 2 rings (SSSR count).